The van der Waals surface area contributed by atoms with Gasteiger partial charge in [0.15, 0.2) is 5.82 Å². The summed E-state index contributed by atoms with van der Waals surface area (Å²) in [6, 6.07) is 19.7. The van der Waals surface area contributed by atoms with Crippen LogP contribution in [0.1, 0.15) is 25.8 Å². The second-order valence-electron chi connectivity index (χ2n) is 9.63. The summed E-state index contributed by atoms with van der Waals surface area (Å²) in [7, 11) is 0. The van der Waals surface area contributed by atoms with Crippen LogP contribution < -0.4 is 10.0 Å². The number of benzene rings is 3. The van der Waals surface area contributed by atoms with Crippen LogP contribution in [0.4, 0.5) is 30.5 Å². The van der Waals surface area contributed by atoms with Crippen LogP contribution in [-0.4, -0.2) is 15.0 Å². The van der Waals surface area contributed by atoms with Crippen molar-refractivity contribution in [1.82, 2.24) is 15.0 Å². The zero-order valence-corrected chi connectivity index (χ0v) is 22.9. The van der Waals surface area contributed by atoms with E-state index in [-0.39, 0.29) is 21.6 Å². The molecule has 2 aromatic heterocycles. The molecule has 0 bridgehead atoms. The number of nitrogens with zero attached hydrogens (tertiary/aromatic N) is 3. The van der Waals surface area contributed by atoms with Gasteiger partial charge < -0.3 is 10.0 Å². The summed E-state index contributed by atoms with van der Waals surface area (Å²) in [5.41, 5.74) is 1.88. The molecule has 0 fully saturated rings. The van der Waals surface area contributed by atoms with Gasteiger partial charge in [-0.25, -0.2) is 28.1 Å². The molecule has 2 heterocycles. The summed E-state index contributed by atoms with van der Waals surface area (Å²) in [6.07, 6.45) is 1.64. The summed E-state index contributed by atoms with van der Waals surface area (Å²) in [6.45, 7) is 6.11. The standard InChI is InChI=1S/C29H24F3N5S2/c1-29(2,3)27-36-24(26(38-27)22-15-16-33-28(35-22)34-17-9-5-4-6-10-17)18-11-7-14-21(23(18)32)37-39-25-19(30)12-8-13-20(25)31/h4-16,37H,1-3H3,(H,33,34,35). The summed E-state index contributed by atoms with van der Waals surface area (Å²) >= 11 is 2.11. The van der Waals surface area contributed by atoms with E-state index in [0.29, 0.717) is 34.2 Å². The number of para-hydroxylation sites is 1. The summed E-state index contributed by atoms with van der Waals surface area (Å²) < 4.78 is 46.8. The highest BCUT2D eigenvalue weighted by molar-refractivity contribution is 8.00. The highest BCUT2D eigenvalue weighted by atomic mass is 32.2. The van der Waals surface area contributed by atoms with Gasteiger partial charge in [-0.15, -0.1) is 11.3 Å². The number of hydrogen-bond donors (Lipinski definition) is 2. The Labute approximate surface area is 232 Å². The molecule has 0 unspecified atom stereocenters. The molecule has 0 aliphatic rings. The van der Waals surface area contributed by atoms with Crippen molar-refractivity contribution >= 4 is 40.6 Å². The second-order valence-corrected chi connectivity index (χ2v) is 11.4. The van der Waals surface area contributed by atoms with Crippen molar-refractivity contribution < 1.29 is 13.2 Å². The molecule has 10 heteroatoms. The minimum atomic E-state index is -0.732. The van der Waals surface area contributed by atoms with Gasteiger partial charge in [0.25, 0.3) is 0 Å². The van der Waals surface area contributed by atoms with Gasteiger partial charge in [0.1, 0.15) is 11.6 Å². The Morgan fingerprint density at radius 1 is 0.821 bits per heavy atom. The van der Waals surface area contributed by atoms with E-state index < -0.39 is 17.5 Å². The Kier molecular flexibility index (Phi) is 7.58. The van der Waals surface area contributed by atoms with E-state index in [1.54, 1.807) is 24.4 Å². The van der Waals surface area contributed by atoms with Gasteiger partial charge in [-0.2, -0.15) is 0 Å². The lowest BCUT2D eigenvalue weighted by molar-refractivity contribution is 0.541. The maximum Gasteiger partial charge on any atom is 0.227 e. The van der Waals surface area contributed by atoms with Crippen LogP contribution in [0.25, 0.3) is 21.8 Å². The Morgan fingerprint density at radius 2 is 1.54 bits per heavy atom. The van der Waals surface area contributed by atoms with Crippen molar-refractivity contribution in [1.29, 1.82) is 0 Å². The molecule has 0 aliphatic heterocycles. The first-order valence-electron chi connectivity index (χ1n) is 12.0. The first-order valence-corrected chi connectivity index (χ1v) is 13.7. The lowest BCUT2D eigenvalue weighted by atomic mass is 9.98. The fourth-order valence-electron chi connectivity index (χ4n) is 3.67. The predicted octanol–water partition coefficient (Wildman–Crippen LogP) is 8.84. The number of thiazole rings is 1. The molecule has 2 N–H and O–H groups in total. The van der Waals surface area contributed by atoms with Crippen LogP contribution in [-0.2, 0) is 5.41 Å². The molecule has 5 aromatic rings. The maximum atomic E-state index is 15.9. The highest BCUT2D eigenvalue weighted by Crippen LogP contribution is 2.42. The van der Waals surface area contributed by atoms with Gasteiger partial charge in [-0.05, 0) is 54.4 Å². The Morgan fingerprint density at radius 3 is 2.26 bits per heavy atom. The van der Waals surface area contributed by atoms with E-state index in [2.05, 4.69) is 20.0 Å². The Balaban J connectivity index is 1.53. The lowest BCUT2D eigenvalue weighted by Crippen LogP contribution is -2.10. The zero-order chi connectivity index (χ0) is 27.6. The Bertz CT molecular complexity index is 1600. The summed E-state index contributed by atoms with van der Waals surface area (Å²) in [4.78, 5) is 14.3. The largest absolute Gasteiger partial charge is 0.324 e. The third kappa shape index (κ3) is 5.91. The average molecular weight is 564 g/mol. The third-order valence-electron chi connectivity index (χ3n) is 5.62. The van der Waals surface area contributed by atoms with Gasteiger partial charge in [-0.1, -0.05) is 51.1 Å². The topological polar surface area (TPSA) is 62.7 Å². The second kappa shape index (κ2) is 11.1. The molecule has 0 aliphatic carbocycles. The monoisotopic (exact) mass is 563 g/mol. The molecular weight excluding hydrogens is 539 g/mol. The first kappa shape index (κ1) is 26.7. The number of halogens is 3. The molecular formula is C29H24F3N5S2. The van der Waals surface area contributed by atoms with Gasteiger partial charge in [0.2, 0.25) is 5.95 Å². The number of anilines is 3. The van der Waals surface area contributed by atoms with Crippen LogP contribution in [0.3, 0.4) is 0 Å². The van der Waals surface area contributed by atoms with Crippen LogP contribution in [0, 0.1) is 17.5 Å². The summed E-state index contributed by atoms with van der Waals surface area (Å²) in [5.74, 6) is -1.66. The molecule has 5 nitrogen and oxygen atoms in total. The van der Waals surface area contributed by atoms with E-state index in [1.165, 1.54) is 23.5 Å². The number of rotatable bonds is 7. The molecule has 0 saturated heterocycles. The molecule has 3 aromatic carbocycles. The fraction of sp³-hybridized carbons (Fsp3) is 0.138. The van der Waals surface area contributed by atoms with Crippen LogP contribution in [0.15, 0.2) is 83.9 Å². The predicted molar refractivity (Wildman–Crippen MR) is 153 cm³/mol. The van der Waals surface area contributed by atoms with Crippen molar-refractivity contribution in [2.45, 2.75) is 31.1 Å². The van der Waals surface area contributed by atoms with E-state index >= 15 is 4.39 Å². The molecule has 0 spiro atoms. The molecule has 0 amide bonds. The van der Waals surface area contributed by atoms with Gasteiger partial charge >= 0.3 is 0 Å². The van der Waals surface area contributed by atoms with Crippen molar-refractivity contribution in [3.8, 4) is 21.8 Å². The van der Waals surface area contributed by atoms with Gasteiger partial charge in [0.05, 0.1) is 31.9 Å². The highest BCUT2D eigenvalue weighted by Gasteiger charge is 2.26. The zero-order valence-electron chi connectivity index (χ0n) is 21.3. The van der Waals surface area contributed by atoms with Crippen LogP contribution in [0.2, 0.25) is 0 Å². The first-order chi connectivity index (χ1) is 18.7. The molecule has 0 saturated carbocycles. The number of hydrogen-bond acceptors (Lipinski definition) is 7. The van der Waals surface area contributed by atoms with E-state index in [0.717, 1.165) is 22.8 Å². The number of nitrogens with one attached hydrogen (secondary N) is 2. The van der Waals surface area contributed by atoms with Crippen molar-refractivity contribution in [3.63, 3.8) is 0 Å². The van der Waals surface area contributed by atoms with Crippen molar-refractivity contribution in [2.75, 3.05) is 10.0 Å². The van der Waals surface area contributed by atoms with E-state index in [1.807, 2.05) is 51.1 Å². The Hall–Kier alpha value is -3.89. The quantitative estimate of drug-likeness (QED) is 0.193. The molecule has 5 rings (SSSR count). The van der Waals surface area contributed by atoms with E-state index in [4.69, 9.17) is 4.98 Å². The normalized spacial score (nSPS) is 11.4. The fourth-order valence-corrected chi connectivity index (χ4v) is 5.48. The van der Waals surface area contributed by atoms with Crippen LogP contribution >= 0.6 is 23.3 Å². The smallest absolute Gasteiger partial charge is 0.227 e. The molecule has 39 heavy (non-hydrogen) atoms. The van der Waals surface area contributed by atoms with Gasteiger partial charge in [0, 0.05) is 22.9 Å². The van der Waals surface area contributed by atoms with Crippen molar-refractivity contribution in [3.05, 3.63) is 101 Å². The maximum absolute atomic E-state index is 15.9. The SMILES string of the molecule is CC(C)(C)c1nc(-c2cccc(NSc3c(F)cccc3F)c2F)c(-c2ccnc(Nc3ccccc3)n2)s1. The molecule has 198 valence electrons. The van der Waals surface area contributed by atoms with Crippen molar-refractivity contribution in [2.24, 2.45) is 0 Å². The summed E-state index contributed by atoms with van der Waals surface area (Å²) in [5, 5.41) is 4.00. The molecule has 0 radical (unpaired) electrons. The minimum Gasteiger partial charge on any atom is -0.324 e. The lowest BCUT2D eigenvalue weighted by Gasteiger charge is -2.13. The van der Waals surface area contributed by atoms with E-state index in [9.17, 15) is 8.78 Å². The molecule has 0 atom stereocenters. The van der Waals surface area contributed by atoms with Gasteiger partial charge in [-0.3, -0.25) is 0 Å². The average Bonchev–Trinajstić information content (AvgIpc) is 3.36. The third-order valence-corrected chi connectivity index (χ3v) is 8.04. The minimum absolute atomic E-state index is 0.0746. The number of aromatic nitrogens is 3. The van der Waals surface area contributed by atoms with Crippen LogP contribution in [0.5, 0.6) is 0 Å².